The molecule has 0 unspecified atom stereocenters. The number of nitrogens with two attached hydrogens (primary N) is 1. The van der Waals surface area contributed by atoms with Gasteiger partial charge in [-0.15, -0.1) is 12.4 Å². The van der Waals surface area contributed by atoms with E-state index in [4.69, 9.17) is 5.73 Å². The van der Waals surface area contributed by atoms with Gasteiger partial charge in [-0.1, -0.05) is 12.2 Å². The average molecular weight is 176 g/mol. The summed E-state index contributed by atoms with van der Waals surface area (Å²) in [6.07, 6.45) is -5.13. The third-order valence-corrected chi connectivity index (χ3v) is 0.739. The molecule has 10 heavy (non-hydrogen) atoms. The quantitative estimate of drug-likeness (QED) is 0.638. The molecule has 2 N–H and O–H groups in total. The van der Waals surface area contributed by atoms with Gasteiger partial charge in [-0.25, -0.2) is 0 Å². The van der Waals surface area contributed by atoms with E-state index in [9.17, 15) is 13.2 Å². The summed E-state index contributed by atoms with van der Waals surface area (Å²) in [7, 11) is 0. The van der Waals surface area contributed by atoms with Crippen LogP contribution in [0.15, 0.2) is 12.2 Å². The molecule has 0 aromatic heterocycles. The van der Waals surface area contributed by atoms with Crippen molar-refractivity contribution in [1.82, 2.24) is 0 Å². The summed E-state index contributed by atoms with van der Waals surface area (Å²) in [6.45, 7) is 3.02. The SMILES string of the molecule is C=C(CN)CC(F)(F)F.Cl. The molecule has 1 nitrogen and oxygen atoms in total. The predicted molar refractivity (Wildman–Crippen MR) is 36.1 cm³/mol. The van der Waals surface area contributed by atoms with Crippen LogP contribution in [0.5, 0.6) is 0 Å². The average Bonchev–Trinajstić information content (AvgIpc) is 1.62. The molecule has 0 spiro atoms. The van der Waals surface area contributed by atoms with Crippen LogP contribution in [0, 0.1) is 0 Å². The van der Waals surface area contributed by atoms with Gasteiger partial charge in [-0.3, -0.25) is 0 Å². The molecule has 62 valence electrons. The summed E-state index contributed by atoms with van der Waals surface area (Å²) in [5.41, 5.74) is 4.90. The zero-order valence-electron chi connectivity index (χ0n) is 5.24. The van der Waals surface area contributed by atoms with Gasteiger partial charge in [0.15, 0.2) is 0 Å². The number of alkyl halides is 3. The molecule has 0 saturated carbocycles. The second kappa shape index (κ2) is 4.57. The summed E-state index contributed by atoms with van der Waals surface area (Å²) >= 11 is 0. The van der Waals surface area contributed by atoms with Crippen LogP contribution in [0.3, 0.4) is 0 Å². The monoisotopic (exact) mass is 175 g/mol. The summed E-state index contributed by atoms with van der Waals surface area (Å²) in [5, 5.41) is 0. The highest BCUT2D eigenvalue weighted by Gasteiger charge is 2.27. The molecule has 0 aliphatic carbocycles. The maximum absolute atomic E-state index is 11.4. The van der Waals surface area contributed by atoms with Crippen LogP contribution in [0.4, 0.5) is 13.2 Å². The fourth-order valence-electron chi connectivity index (χ4n) is 0.356. The van der Waals surface area contributed by atoms with E-state index in [0.29, 0.717) is 0 Å². The van der Waals surface area contributed by atoms with Crippen molar-refractivity contribution in [2.45, 2.75) is 12.6 Å². The Morgan fingerprint density at radius 1 is 1.40 bits per heavy atom. The zero-order valence-corrected chi connectivity index (χ0v) is 6.06. The summed E-state index contributed by atoms with van der Waals surface area (Å²) in [4.78, 5) is 0. The van der Waals surface area contributed by atoms with Crippen molar-refractivity contribution in [1.29, 1.82) is 0 Å². The molecule has 0 amide bonds. The first-order chi connectivity index (χ1) is 3.95. The molecule has 0 fully saturated rings. The minimum atomic E-state index is -4.16. The van der Waals surface area contributed by atoms with Crippen LogP contribution in [0.25, 0.3) is 0 Å². The normalized spacial score (nSPS) is 10.4. The van der Waals surface area contributed by atoms with Crippen LogP contribution in [0.2, 0.25) is 0 Å². The summed E-state index contributed by atoms with van der Waals surface area (Å²) < 4.78 is 34.1. The number of hydrogen-bond acceptors (Lipinski definition) is 1. The molecule has 0 saturated heterocycles. The molecule has 5 heteroatoms. The zero-order chi connectivity index (χ0) is 7.49. The van der Waals surface area contributed by atoms with Gasteiger partial charge in [0, 0.05) is 6.54 Å². The number of halogens is 4. The fraction of sp³-hybridized carbons (Fsp3) is 0.600. The summed E-state index contributed by atoms with van der Waals surface area (Å²) in [5.74, 6) is 0. The van der Waals surface area contributed by atoms with E-state index in [1.54, 1.807) is 0 Å². The molecule has 0 rings (SSSR count). The molecule has 0 bridgehead atoms. The van der Waals surface area contributed by atoms with E-state index >= 15 is 0 Å². The van der Waals surface area contributed by atoms with E-state index in [2.05, 4.69) is 6.58 Å². The number of hydrogen-bond donors (Lipinski definition) is 1. The minimum absolute atomic E-state index is 0. The van der Waals surface area contributed by atoms with Gasteiger partial charge in [0.25, 0.3) is 0 Å². The third kappa shape index (κ3) is 7.78. The van der Waals surface area contributed by atoms with Crippen molar-refractivity contribution in [3.8, 4) is 0 Å². The Morgan fingerprint density at radius 2 is 1.80 bits per heavy atom. The van der Waals surface area contributed by atoms with Gasteiger partial charge in [0.2, 0.25) is 0 Å². The van der Waals surface area contributed by atoms with E-state index in [1.807, 2.05) is 0 Å². The smallest absolute Gasteiger partial charge is 0.327 e. The molecular weight excluding hydrogens is 167 g/mol. The van der Waals surface area contributed by atoms with Gasteiger partial charge >= 0.3 is 6.18 Å². The highest BCUT2D eigenvalue weighted by molar-refractivity contribution is 5.85. The van der Waals surface area contributed by atoms with E-state index in [-0.39, 0.29) is 24.5 Å². The van der Waals surface area contributed by atoms with E-state index in [1.165, 1.54) is 0 Å². The molecule has 0 radical (unpaired) electrons. The second-order valence-corrected chi connectivity index (χ2v) is 1.75. The number of rotatable bonds is 2. The largest absolute Gasteiger partial charge is 0.392 e. The topological polar surface area (TPSA) is 26.0 Å². The highest BCUT2D eigenvalue weighted by atomic mass is 35.5. The molecule has 0 aliphatic rings. The van der Waals surface area contributed by atoms with E-state index < -0.39 is 12.6 Å². The first kappa shape index (κ1) is 12.5. The lowest BCUT2D eigenvalue weighted by atomic mass is 10.2. The molecule has 0 aliphatic heterocycles. The standard InChI is InChI=1S/C5H8F3N.ClH/c1-4(3-9)2-5(6,7)8;/h1-3,9H2;1H. The maximum atomic E-state index is 11.4. The van der Waals surface area contributed by atoms with E-state index in [0.717, 1.165) is 0 Å². The molecule has 0 aromatic carbocycles. The Labute approximate surface area is 63.5 Å². The van der Waals surface area contributed by atoms with Crippen molar-refractivity contribution in [2.24, 2.45) is 5.73 Å². The fourth-order valence-corrected chi connectivity index (χ4v) is 0.356. The van der Waals surface area contributed by atoms with Gasteiger partial charge in [0.05, 0.1) is 6.42 Å². The first-order valence-corrected chi connectivity index (χ1v) is 2.39. The Bertz CT molecular complexity index is 110. The Hall–Kier alpha value is -0.220. The van der Waals surface area contributed by atoms with Gasteiger partial charge in [-0.2, -0.15) is 13.2 Å². The van der Waals surface area contributed by atoms with Crippen LogP contribution in [-0.4, -0.2) is 12.7 Å². The van der Waals surface area contributed by atoms with Crippen molar-refractivity contribution < 1.29 is 13.2 Å². The van der Waals surface area contributed by atoms with Crippen molar-refractivity contribution in [2.75, 3.05) is 6.54 Å². The highest BCUT2D eigenvalue weighted by Crippen LogP contribution is 2.22. The lowest BCUT2D eigenvalue weighted by Crippen LogP contribution is -2.13. The Balaban J connectivity index is 0. The Morgan fingerprint density at radius 3 is 1.90 bits per heavy atom. The summed E-state index contributed by atoms with van der Waals surface area (Å²) in [6, 6.07) is 0. The molecule has 0 atom stereocenters. The third-order valence-electron chi connectivity index (χ3n) is 0.739. The van der Waals surface area contributed by atoms with Crippen molar-refractivity contribution >= 4 is 12.4 Å². The predicted octanol–water partition coefficient (Wildman–Crippen LogP) is 1.88. The first-order valence-electron chi connectivity index (χ1n) is 2.39. The molecule has 0 aromatic rings. The van der Waals surface area contributed by atoms with Gasteiger partial charge < -0.3 is 5.73 Å². The lowest BCUT2D eigenvalue weighted by Gasteiger charge is -2.05. The lowest BCUT2D eigenvalue weighted by molar-refractivity contribution is -0.127. The van der Waals surface area contributed by atoms with Crippen molar-refractivity contribution in [3.05, 3.63) is 12.2 Å². The maximum Gasteiger partial charge on any atom is 0.392 e. The van der Waals surface area contributed by atoms with Crippen LogP contribution >= 0.6 is 12.4 Å². The van der Waals surface area contributed by atoms with Crippen molar-refractivity contribution in [3.63, 3.8) is 0 Å². The molecular formula is C5H9ClF3N. The van der Waals surface area contributed by atoms with Gasteiger partial charge in [0.1, 0.15) is 0 Å². The minimum Gasteiger partial charge on any atom is -0.327 e. The Kier molecular flexibility index (Phi) is 5.70. The second-order valence-electron chi connectivity index (χ2n) is 1.75. The van der Waals surface area contributed by atoms with Gasteiger partial charge in [-0.05, 0) is 0 Å². The molecule has 0 heterocycles. The van der Waals surface area contributed by atoms with Crippen LogP contribution in [-0.2, 0) is 0 Å². The van der Waals surface area contributed by atoms with Crippen LogP contribution < -0.4 is 5.73 Å². The van der Waals surface area contributed by atoms with Crippen LogP contribution in [0.1, 0.15) is 6.42 Å².